The van der Waals surface area contributed by atoms with Gasteiger partial charge in [0.15, 0.2) is 6.61 Å². The van der Waals surface area contributed by atoms with E-state index in [0.29, 0.717) is 13.1 Å². The number of hydrogen-bond acceptors (Lipinski definition) is 4. The van der Waals surface area contributed by atoms with Gasteiger partial charge in [-0.3, -0.25) is 4.79 Å². The Bertz CT molecular complexity index is 596. The molecule has 0 aliphatic carbocycles. The number of esters is 1. The second kappa shape index (κ2) is 8.37. The van der Waals surface area contributed by atoms with Crippen LogP contribution in [0.25, 0.3) is 0 Å². The Hall–Kier alpha value is -2.51. The van der Waals surface area contributed by atoms with Crippen LogP contribution in [-0.4, -0.2) is 42.8 Å². The van der Waals surface area contributed by atoms with E-state index in [-0.39, 0.29) is 11.5 Å². The van der Waals surface area contributed by atoms with Crippen LogP contribution in [0.15, 0.2) is 36.4 Å². The molecule has 1 aromatic carbocycles. The monoisotopic (exact) mass is 345 g/mol. The lowest BCUT2D eigenvalue weighted by Crippen LogP contribution is -2.35. The molecule has 0 aromatic heterocycles. The van der Waals surface area contributed by atoms with Crippen LogP contribution < -0.4 is 4.74 Å². The Balaban J connectivity index is 2.59. The first kappa shape index (κ1) is 19.5. The summed E-state index contributed by atoms with van der Waals surface area (Å²) >= 11 is 0. The van der Waals surface area contributed by atoms with Gasteiger partial charge >= 0.3 is 12.3 Å². The average Bonchev–Trinajstić information content (AvgIpc) is 2.48. The summed E-state index contributed by atoms with van der Waals surface area (Å²) in [5.74, 6) is -1.65. The number of carbonyl (C=O) groups excluding carboxylic acids is 2. The van der Waals surface area contributed by atoms with Gasteiger partial charge in [0.2, 0.25) is 0 Å². The van der Waals surface area contributed by atoms with Gasteiger partial charge in [-0.15, -0.1) is 13.2 Å². The third kappa shape index (κ3) is 6.72. The number of carbonyl (C=O) groups is 2. The molecule has 0 saturated carbocycles. The van der Waals surface area contributed by atoms with Crippen LogP contribution >= 0.6 is 0 Å². The summed E-state index contributed by atoms with van der Waals surface area (Å²) in [6, 6.07) is 4.23. The lowest BCUT2D eigenvalue weighted by molar-refractivity contribution is -0.274. The van der Waals surface area contributed by atoms with Crippen molar-refractivity contribution < 1.29 is 32.2 Å². The number of rotatable bonds is 7. The molecule has 0 fully saturated rings. The molecule has 1 rings (SSSR count). The van der Waals surface area contributed by atoms with Gasteiger partial charge in [0.1, 0.15) is 5.75 Å². The van der Waals surface area contributed by atoms with Gasteiger partial charge in [-0.1, -0.05) is 12.2 Å². The normalized spacial score (nSPS) is 10.9. The Labute approximate surface area is 137 Å². The SMILES string of the molecule is C=C(C)CN(CC)C(=O)COC(=O)c1ccc(OC(F)(F)F)cc1. The van der Waals surface area contributed by atoms with Crippen molar-refractivity contribution in [2.75, 3.05) is 19.7 Å². The standard InChI is InChI=1S/C16H18F3NO4/c1-4-20(9-11(2)3)14(21)10-23-15(22)12-5-7-13(8-6-12)24-16(17,18)19/h5-8H,2,4,9-10H2,1,3H3. The van der Waals surface area contributed by atoms with Crippen molar-refractivity contribution in [1.82, 2.24) is 4.90 Å². The number of nitrogens with zero attached hydrogens (tertiary/aromatic N) is 1. The summed E-state index contributed by atoms with van der Waals surface area (Å²) in [4.78, 5) is 25.2. The topological polar surface area (TPSA) is 55.8 Å². The number of alkyl halides is 3. The Morgan fingerprint density at radius 1 is 1.21 bits per heavy atom. The summed E-state index contributed by atoms with van der Waals surface area (Å²) in [6.07, 6.45) is -4.80. The van der Waals surface area contributed by atoms with Crippen molar-refractivity contribution in [2.24, 2.45) is 0 Å². The van der Waals surface area contributed by atoms with Gasteiger partial charge in [0, 0.05) is 13.1 Å². The van der Waals surface area contributed by atoms with Crippen molar-refractivity contribution in [3.05, 3.63) is 42.0 Å². The molecule has 5 nitrogen and oxygen atoms in total. The van der Waals surface area contributed by atoms with Crippen molar-refractivity contribution in [1.29, 1.82) is 0 Å². The zero-order chi connectivity index (χ0) is 18.3. The van der Waals surface area contributed by atoms with Crippen LogP contribution in [-0.2, 0) is 9.53 Å². The molecular weight excluding hydrogens is 327 g/mol. The molecule has 0 radical (unpaired) electrons. The third-order valence-electron chi connectivity index (χ3n) is 2.85. The number of hydrogen-bond donors (Lipinski definition) is 0. The van der Waals surface area contributed by atoms with Crippen LogP contribution in [0.4, 0.5) is 13.2 Å². The fourth-order valence-corrected chi connectivity index (χ4v) is 1.80. The number of benzene rings is 1. The highest BCUT2D eigenvalue weighted by molar-refractivity contribution is 5.91. The van der Waals surface area contributed by atoms with Crippen molar-refractivity contribution >= 4 is 11.9 Å². The summed E-state index contributed by atoms with van der Waals surface area (Å²) in [6.45, 7) is 7.60. The van der Waals surface area contributed by atoms with E-state index in [2.05, 4.69) is 11.3 Å². The molecule has 0 aliphatic rings. The van der Waals surface area contributed by atoms with E-state index in [1.807, 2.05) is 0 Å². The first-order valence-electron chi connectivity index (χ1n) is 7.07. The first-order valence-corrected chi connectivity index (χ1v) is 7.07. The molecule has 0 atom stereocenters. The minimum atomic E-state index is -4.80. The van der Waals surface area contributed by atoms with Crippen LogP contribution in [0.3, 0.4) is 0 Å². The Kier molecular flexibility index (Phi) is 6.82. The minimum absolute atomic E-state index is 0.0141. The van der Waals surface area contributed by atoms with Crippen LogP contribution in [0.1, 0.15) is 24.2 Å². The van der Waals surface area contributed by atoms with Gasteiger partial charge < -0.3 is 14.4 Å². The smallest absolute Gasteiger partial charge is 0.452 e. The van der Waals surface area contributed by atoms with E-state index in [4.69, 9.17) is 4.74 Å². The highest BCUT2D eigenvalue weighted by Crippen LogP contribution is 2.22. The number of halogens is 3. The molecule has 0 bridgehead atoms. The van der Waals surface area contributed by atoms with Gasteiger partial charge in [-0.05, 0) is 38.1 Å². The molecule has 24 heavy (non-hydrogen) atoms. The van der Waals surface area contributed by atoms with Gasteiger partial charge in [0.05, 0.1) is 5.56 Å². The molecule has 132 valence electrons. The van der Waals surface area contributed by atoms with Crippen LogP contribution in [0.2, 0.25) is 0 Å². The zero-order valence-electron chi connectivity index (χ0n) is 13.4. The number of likely N-dealkylation sites (N-methyl/N-ethyl adjacent to an activating group) is 1. The van der Waals surface area contributed by atoms with E-state index in [0.717, 1.165) is 29.8 Å². The zero-order valence-corrected chi connectivity index (χ0v) is 13.4. The molecule has 8 heteroatoms. The van der Waals surface area contributed by atoms with E-state index in [1.165, 1.54) is 4.90 Å². The highest BCUT2D eigenvalue weighted by Gasteiger charge is 2.31. The minimum Gasteiger partial charge on any atom is -0.452 e. The van der Waals surface area contributed by atoms with Crippen LogP contribution in [0, 0.1) is 0 Å². The second-order valence-electron chi connectivity index (χ2n) is 5.01. The van der Waals surface area contributed by atoms with E-state index in [1.54, 1.807) is 13.8 Å². The lowest BCUT2D eigenvalue weighted by Gasteiger charge is -2.20. The largest absolute Gasteiger partial charge is 0.573 e. The summed E-state index contributed by atoms with van der Waals surface area (Å²) < 4.78 is 44.7. The van der Waals surface area contributed by atoms with Gasteiger partial charge in [0.25, 0.3) is 5.91 Å². The van der Waals surface area contributed by atoms with Crippen molar-refractivity contribution in [3.8, 4) is 5.75 Å². The average molecular weight is 345 g/mol. The summed E-state index contributed by atoms with van der Waals surface area (Å²) in [7, 11) is 0. The molecule has 0 saturated heterocycles. The first-order chi connectivity index (χ1) is 11.1. The second-order valence-corrected chi connectivity index (χ2v) is 5.01. The third-order valence-corrected chi connectivity index (χ3v) is 2.85. The Morgan fingerprint density at radius 3 is 2.25 bits per heavy atom. The maximum atomic E-state index is 12.0. The summed E-state index contributed by atoms with van der Waals surface area (Å²) in [5, 5.41) is 0. The molecule has 0 aliphatic heterocycles. The van der Waals surface area contributed by atoms with E-state index in [9.17, 15) is 22.8 Å². The Morgan fingerprint density at radius 2 is 1.79 bits per heavy atom. The maximum Gasteiger partial charge on any atom is 0.573 e. The predicted molar refractivity (Wildman–Crippen MR) is 80.5 cm³/mol. The van der Waals surface area contributed by atoms with E-state index < -0.39 is 24.7 Å². The van der Waals surface area contributed by atoms with Crippen molar-refractivity contribution in [2.45, 2.75) is 20.2 Å². The number of ether oxygens (including phenoxy) is 2. The molecule has 0 spiro atoms. The lowest BCUT2D eigenvalue weighted by atomic mass is 10.2. The molecule has 0 N–H and O–H groups in total. The van der Waals surface area contributed by atoms with E-state index >= 15 is 0 Å². The maximum absolute atomic E-state index is 12.0. The fourth-order valence-electron chi connectivity index (χ4n) is 1.80. The quantitative estimate of drug-likeness (QED) is 0.563. The summed E-state index contributed by atoms with van der Waals surface area (Å²) in [5.41, 5.74) is 0.803. The fraction of sp³-hybridized carbons (Fsp3) is 0.375. The van der Waals surface area contributed by atoms with Crippen LogP contribution in [0.5, 0.6) is 5.75 Å². The number of amides is 1. The van der Waals surface area contributed by atoms with Gasteiger partial charge in [-0.25, -0.2) is 4.79 Å². The highest BCUT2D eigenvalue weighted by atomic mass is 19.4. The molecule has 1 aromatic rings. The van der Waals surface area contributed by atoms with Crippen molar-refractivity contribution in [3.63, 3.8) is 0 Å². The molecule has 1 amide bonds. The predicted octanol–water partition coefficient (Wildman–Crippen LogP) is 3.17. The molecule has 0 heterocycles. The molecular formula is C16H18F3NO4. The van der Waals surface area contributed by atoms with Gasteiger partial charge in [-0.2, -0.15) is 0 Å². The molecule has 0 unspecified atom stereocenters.